The van der Waals surface area contributed by atoms with Crippen molar-refractivity contribution >= 4 is 29.6 Å². The lowest BCUT2D eigenvalue weighted by molar-refractivity contribution is -0.157. The van der Waals surface area contributed by atoms with Gasteiger partial charge in [-0.3, -0.25) is 19.8 Å². The van der Waals surface area contributed by atoms with Gasteiger partial charge >= 0.3 is 6.03 Å². The van der Waals surface area contributed by atoms with Gasteiger partial charge in [0, 0.05) is 11.8 Å². The number of imide groups is 2. The predicted molar refractivity (Wildman–Crippen MR) is 71.6 cm³/mol. The molecule has 1 N–H and O–H groups in total. The number of amides is 4. The van der Waals surface area contributed by atoms with Crippen LogP contribution >= 0.6 is 11.8 Å². The molecule has 0 aromatic heterocycles. The van der Waals surface area contributed by atoms with Gasteiger partial charge in [0.15, 0.2) is 0 Å². The van der Waals surface area contributed by atoms with Gasteiger partial charge in [0.05, 0.1) is 0 Å². The molecule has 2 saturated heterocycles. The topological polar surface area (TPSA) is 66.5 Å². The zero-order chi connectivity index (χ0) is 13.5. The van der Waals surface area contributed by atoms with E-state index in [4.69, 9.17) is 0 Å². The fraction of sp³-hybridized carbons (Fsp3) is 0.769. The molecule has 1 saturated carbocycles. The van der Waals surface area contributed by atoms with E-state index < -0.39 is 11.4 Å². The number of carbonyl (C=O) groups is 3. The maximum atomic E-state index is 12.5. The van der Waals surface area contributed by atoms with Crippen molar-refractivity contribution in [3.05, 3.63) is 0 Å². The highest BCUT2D eigenvalue weighted by atomic mass is 32.2. The molecule has 5 nitrogen and oxygen atoms in total. The van der Waals surface area contributed by atoms with Gasteiger partial charge in [-0.2, -0.15) is 11.8 Å². The third kappa shape index (κ3) is 2.06. The highest BCUT2D eigenvalue weighted by Crippen LogP contribution is 2.44. The van der Waals surface area contributed by atoms with Gasteiger partial charge in [-0.25, -0.2) is 4.79 Å². The zero-order valence-electron chi connectivity index (χ0n) is 10.8. The van der Waals surface area contributed by atoms with E-state index in [-0.39, 0.29) is 11.8 Å². The number of thioether (sulfide) groups is 1. The van der Waals surface area contributed by atoms with Crippen LogP contribution in [0.2, 0.25) is 0 Å². The summed E-state index contributed by atoms with van der Waals surface area (Å²) in [5.74, 6) is 0.443. The average molecular weight is 282 g/mol. The molecule has 19 heavy (non-hydrogen) atoms. The fourth-order valence-electron chi connectivity index (χ4n) is 3.02. The Balaban J connectivity index is 1.74. The SMILES string of the molecule is O=C1NC(=O)C2(CCC2)C(=O)N1CC1CCCCS1. The van der Waals surface area contributed by atoms with E-state index in [0.717, 1.165) is 25.0 Å². The normalized spacial score (nSPS) is 30.2. The first-order chi connectivity index (χ1) is 9.13. The first-order valence-corrected chi connectivity index (χ1v) is 7.97. The number of rotatable bonds is 2. The van der Waals surface area contributed by atoms with Crippen LogP contribution in [0.5, 0.6) is 0 Å². The summed E-state index contributed by atoms with van der Waals surface area (Å²) in [5, 5.41) is 2.69. The molecule has 0 aromatic carbocycles. The minimum atomic E-state index is -0.923. The Morgan fingerprint density at radius 2 is 2.00 bits per heavy atom. The van der Waals surface area contributed by atoms with Gasteiger partial charge in [0.2, 0.25) is 11.8 Å². The largest absolute Gasteiger partial charge is 0.330 e. The van der Waals surface area contributed by atoms with Crippen LogP contribution in [-0.2, 0) is 9.59 Å². The van der Waals surface area contributed by atoms with E-state index >= 15 is 0 Å². The summed E-state index contributed by atoms with van der Waals surface area (Å²) in [5.41, 5.74) is -0.923. The summed E-state index contributed by atoms with van der Waals surface area (Å²) in [6, 6.07) is -0.529. The van der Waals surface area contributed by atoms with Crippen molar-refractivity contribution in [2.45, 2.75) is 43.8 Å². The molecule has 0 aromatic rings. The van der Waals surface area contributed by atoms with Crippen LogP contribution in [0.3, 0.4) is 0 Å². The molecule has 1 aliphatic carbocycles. The molecular weight excluding hydrogens is 264 g/mol. The molecule has 3 fully saturated rings. The molecule has 2 heterocycles. The minimum Gasteiger partial charge on any atom is -0.277 e. The maximum Gasteiger partial charge on any atom is 0.330 e. The Hall–Kier alpha value is -1.04. The molecule has 4 amide bonds. The molecule has 0 bridgehead atoms. The number of hydrogen-bond donors (Lipinski definition) is 1. The molecule has 0 radical (unpaired) electrons. The molecule has 1 spiro atoms. The van der Waals surface area contributed by atoms with Gasteiger partial charge in [0.25, 0.3) is 0 Å². The van der Waals surface area contributed by atoms with Crippen LogP contribution < -0.4 is 5.32 Å². The number of nitrogens with zero attached hydrogens (tertiary/aromatic N) is 1. The van der Waals surface area contributed by atoms with Gasteiger partial charge in [-0.15, -0.1) is 0 Å². The molecule has 1 atom stereocenters. The summed E-state index contributed by atoms with van der Waals surface area (Å²) in [6.07, 6.45) is 5.47. The summed E-state index contributed by atoms with van der Waals surface area (Å²) >= 11 is 1.83. The standard InChI is InChI=1S/C13H18N2O3S/c16-10-13(5-3-6-13)11(17)15(12(18)14-10)8-9-4-1-2-7-19-9/h9H,1-8H2,(H,14,16,18). The van der Waals surface area contributed by atoms with Crippen LogP contribution in [0.4, 0.5) is 4.79 Å². The van der Waals surface area contributed by atoms with Crippen LogP contribution in [0.1, 0.15) is 38.5 Å². The van der Waals surface area contributed by atoms with Crippen molar-refractivity contribution in [1.29, 1.82) is 0 Å². The second kappa shape index (κ2) is 4.81. The zero-order valence-corrected chi connectivity index (χ0v) is 11.6. The number of barbiturate groups is 1. The number of hydrogen-bond acceptors (Lipinski definition) is 4. The van der Waals surface area contributed by atoms with Crippen molar-refractivity contribution in [1.82, 2.24) is 10.2 Å². The quantitative estimate of drug-likeness (QED) is 0.780. The summed E-state index contributed by atoms with van der Waals surface area (Å²) in [6.45, 7) is 0.449. The third-order valence-electron chi connectivity index (χ3n) is 4.42. The minimum absolute atomic E-state index is 0.265. The van der Waals surface area contributed by atoms with E-state index in [1.807, 2.05) is 11.8 Å². The lowest BCUT2D eigenvalue weighted by Crippen LogP contribution is -2.66. The van der Waals surface area contributed by atoms with Crippen molar-refractivity contribution in [2.24, 2.45) is 5.41 Å². The molecule has 3 rings (SSSR count). The maximum absolute atomic E-state index is 12.5. The van der Waals surface area contributed by atoms with Gasteiger partial charge in [0.1, 0.15) is 5.41 Å². The molecule has 2 aliphatic heterocycles. The second-order valence-corrected chi connectivity index (χ2v) is 7.01. The molecule has 3 aliphatic rings. The molecule has 104 valence electrons. The molecule has 6 heteroatoms. The Morgan fingerprint density at radius 1 is 1.21 bits per heavy atom. The monoisotopic (exact) mass is 282 g/mol. The van der Waals surface area contributed by atoms with Crippen molar-refractivity contribution < 1.29 is 14.4 Å². The van der Waals surface area contributed by atoms with Crippen LogP contribution in [0, 0.1) is 5.41 Å². The average Bonchev–Trinajstić information content (AvgIpc) is 2.34. The van der Waals surface area contributed by atoms with Gasteiger partial charge in [-0.05, 0) is 31.4 Å². The van der Waals surface area contributed by atoms with Crippen molar-refractivity contribution in [2.75, 3.05) is 12.3 Å². The van der Waals surface area contributed by atoms with Crippen molar-refractivity contribution in [3.8, 4) is 0 Å². The Kier molecular flexibility index (Phi) is 3.28. The van der Waals surface area contributed by atoms with Crippen LogP contribution in [0.15, 0.2) is 0 Å². The molecule has 1 unspecified atom stereocenters. The first kappa shape index (κ1) is 13.0. The van der Waals surface area contributed by atoms with Crippen LogP contribution in [0.25, 0.3) is 0 Å². The van der Waals surface area contributed by atoms with E-state index in [1.165, 1.54) is 11.3 Å². The van der Waals surface area contributed by atoms with E-state index in [0.29, 0.717) is 24.6 Å². The summed E-state index contributed by atoms with van der Waals surface area (Å²) in [4.78, 5) is 37.5. The Labute approximate surface area is 116 Å². The fourth-order valence-corrected chi connectivity index (χ4v) is 4.32. The highest BCUT2D eigenvalue weighted by Gasteiger charge is 2.57. The van der Waals surface area contributed by atoms with Gasteiger partial charge < -0.3 is 0 Å². The molecular formula is C13H18N2O3S. The number of urea groups is 1. The lowest BCUT2D eigenvalue weighted by atomic mass is 9.66. The smallest absolute Gasteiger partial charge is 0.277 e. The Morgan fingerprint density at radius 3 is 2.58 bits per heavy atom. The lowest BCUT2D eigenvalue weighted by Gasteiger charge is -2.45. The van der Waals surface area contributed by atoms with Gasteiger partial charge in [-0.1, -0.05) is 12.8 Å². The highest BCUT2D eigenvalue weighted by molar-refractivity contribution is 7.99. The first-order valence-electron chi connectivity index (χ1n) is 6.92. The van der Waals surface area contributed by atoms with Crippen molar-refractivity contribution in [3.63, 3.8) is 0 Å². The third-order valence-corrected chi connectivity index (χ3v) is 5.80. The number of nitrogens with one attached hydrogen (secondary N) is 1. The van der Waals surface area contributed by atoms with E-state index in [1.54, 1.807) is 0 Å². The second-order valence-electron chi connectivity index (χ2n) is 5.60. The van der Waals surface area contributed by atoms with E-state index in [9.17, 15) is 14.4 Å². The van der Waals surface area contributed by atoms with Crippen LogP contribution in [-0.4, -0.2) is 40.3 Å². The number of carbonyl (C=O) groups excluding carboxylic acids is 3. The predicted octanol–water partition coefficient (Wildman–Crippen LogP) is 1.52. The summed E-state index contributed by atoms with van der Waals surface area (Å²) in [7, 11) is 0. The Bertz CT molecular complexity index is 428. The van der Waals surface area contributed by atoms with E-state index in [2.05, 4.69) is 5.32 Å². The summed E-state index contributed by atoms with van der Waals surface area (Å²) < 4.78 is 0.